The lowest BCUT2D eigenvalue weighted by Crippen LogP contribution is -2.40. The topological polar surface area (TPSA) is 85.6 Å². The molecule has 0 unspecified atom stereocenters. The maximum atomic E-state index is 12.5. The van der Waals surface area contributed by atoms with E-state index in [0.717, 1.165) is 11.4 Å². The fraction of sp³-hybridized carbons (Fsp3) is 0.278. The van der Waals surface area contributed by atoms with Crippen LogP contribution in [0.5, 0.6) is 0 Å². The highest BCUT2D eigenvalue weighted by molar-refractivity contribution is 5.94. The summed E-state index contributed by atoms with van der Waals surface area (Å²) < 4.78 is 1.66. The van der Waals surface area contributed by atoms with Gasteiger partial charge in [-0.2, -0.15) is 10.2 Å². The molecule has 0 aromatic carbocycles. The minimum atomic E-state index is -0.348. The van der Waals surface area contributed by atoms with E-state index < -0.39 is 0 Å². The van der Waals surface area contributed by atoms with Crippen molar-refractivity contribution in [1.29, 1.82) is 0 Å². The van der Waals surface area contributed by atoms with Gasteiger partial charge in [-0.15, -0.1) is 5.10 Å². The number of hydrogen-bond donors (Lipinski definition) is 1. The standard InChI is InChI=1S/C18H20N6O/c1-12-7-8-14(22-21-12)16-10-15(17(25)20-18(2,3)4)23-24(16)13-6-5-9-19-11-13/h5-11H,1-4H3,(H,20,25). The Morgan fingerprint density at radius 1 is 1.16 bits per heavy atom. The molecule has 0 saturated heterocycles. The van der Waals surface area contributed by atoms with E-state index in [2.05, 4.69) is 25.6 Å². The summed E-state index contributed by atoms with van der Waals surface area (Å²) in [6.45, 7) is 7.65. The molecule has 0 aliphatic heterocycles. The van der Waals surface area contributed by atoms with Gasteiger partial charge in [-0.25, -0.2) is 4.68 Å². The van der Waals surface area contributed by atoms with Crippen LogP contribution >= 0.6 is 0 Å². The van der Waals surface area contributed by atoms with Gasteiger partial charge in [-0.3, -0.25) is 9.78 Å². The first-order valence-electron chi connectivity index (χ1n) is 7.97. The van der Waals surface area contributed by atoms with Gasteiger partial charge in [-0.1, -0.05) is 0 Å². The van der Waals surface area contributed by atoms with Crippen molar-refractivity contribution in [2.24, 2.45) is 0 Å². The second-order valence-electron chi connectivity index (χ2n) is 6.80. The van der Waals surface area contributed by atoms with Crippen LogP contribution in [0.15, 0.2) is 42.7 Å². The summed E-state index contributed by atoms with van der Waals surface area (Å²) in [5.41, 5.74) is 2.85. The Hall–Kier alpha value is -3.09. The van der Waals surface area contributed by atoms with Crippen LogP contribution in [0.4, 0.5) is 0 Å². The van der Waals surface area contributed by atoms with Crippen LogP contribution in [-0.4, -0.2) is 36.4 Å². The quantitative estimate of drug-likeness (QED) is 0.794. The third kappa shape index (κ3) is 3.88. The molecule has 3 aromatic rings. The van der Waals surface area contributed by atoms with E-state index in [-0.39, 0.29) is 11.4 Å². The van der Waals surface area contributed by atoms with Crippen molar-refractivity contribution in [2.45, 2.75) is 33.2 Å². The SMILES string of the molecule is Cc1ccc(-c2cc(C(=O)NC(C)(C)C)nn2-c2cccnc2)nn1. The van der Waals surface area contributed by atoms with Gasteiger partial charge in [-0.05, 0) is 58.0 Å². The molecule has 25 heavy (non-hydrogen) atoms. The molecule has 1 N–H and O–H groups in total. The van der Waals surface area contributed by atoms with Crippen LogP contribution in [0, 0.1) is 6.92 Å². The summed E-state index contributed by atoms with van der Waals surface area (Å²) in [7, 11) is 0. The van der Waals surface area contributed by atoms with Crippen molar-refractivity contribution < 1.29 is 4.79 Å². The van der Waals surface area contributed by atoms with Gasteiger partial charge in [0.05, 0.1) is 23.3 Å². The summed E-state index contributed by atoms with van der Waals surface area (Å²) in [5, 5.41) is 15.7. The van der Waals surface area contributed by atoms with Crippen molar-refractivity contribution in [3.05, 3.63) is 54.1 Å². The fourth-order valence-electron chi connectivity index (χ4n) is 2.29. The Morgan fingerprint density at radius 2 is 1.96 bits per heavy atom. The summed E-state index contributed by atoms with van der Waals surface area (Å²) in [6.07, 6.45) is 3.37. The van der Waals surface area contributed by atoms with Gasteiger partial charge in [0.2, 0.25) is 0 Å². The number of nitrogens with one attached hydrogen (secondary N) is 1. The molecule has 128 valence electrons. The summed E-state index contributed by atoms with van der Waals surface area (Å²) >= 11 is 0. The second-order valence-corrected chi connectivity index (χ2v) is 6.80. The highest BCUT2D eigenvalue weighted by Gasteiger charge is 2.21. The molecule has 3 aromatic heterocycles. The predicted octanol–water partition coefficient (Wildman–Crippen LogP) is 2.56. The van der Waals surface area contributed by atoms with Crippen molar-refractivity contribution in [3.8, 4) is 17.1 Å². The van der Waals surface area contributed by atoms with Gasteiger partial charge >= 0.3 is 0 Å². The smallest absolute Gasteiger partial charge is 0.272 e. The van der Waals surface area contributed by atoms with Gasteiger partial charge in [0.1, 0.15) is 5.69 Å². The molecule has 0 aliphatic carbocycles. The highest BCUT2D eigenvalue weighted by Crippen LogP contribution is 2.22. The molecule has 0 atom stereocenters. The molecule has 0 radical (unpaired) electrons. The molecule has 7 heteroatoms. The lowest BCUT2D eigenvalue weighted by Gasteiger charge is -2.19. The van der Waals surface area contributed by atoms with E-state index in [1.165, 1.54) is 0 Å². The Bertz CT molecular complexity index is 878. The van der Waals surface area contributed by atoms with E-state index in [4.69, 9.17) is 0 Å². The number of pyridine rings is 1. The number of aromatic nitrogens is 5. The normalized spacial score (nSPS) is 11.4. The maximum Gasteiger partial charge on any atom is 0.272 e. The zero-order valence-corrected chi connectivity index (χ0v) is 14.7. The average molecular weight is 336 g/mol. The fourth-order valence-corrected chi connectivity index (χ4v) is 2.29. The van der Waals surface area contributed by atoms with E-state index in [1.807, 2.05) is 52.0 Å². The van der Waals surface area contributed by atoms with E-state index in [9.17, 15) is 4.79 Å². The predicted molar refractivity (Wildman–Crippen MR) is 94.3 cm³/mol. The minimum absolute atomic E-state index is 0.239. The third-order valence-corrected chi connectivity index (χ3v) is 3.38. The van der Waals surface area contributed by atoms with Gasteiger partial charge in [0, 0.05) is 11.7 Å². The molecule has 3 heterocycles. The van der Waals surface area contributed by atoms with E-state index in [1.54, 1.807) is 23.1 Å². The molecule has 0 aliphatic rings. The van der Waals surface area contributed by atoms with Crippen LogP contribution < -0.4 is 5.32 Å². The zero-order valence-electron chi connectivity index (χ0n) is 14.7. The Balaban J connectivity index is 2.09. The van der Waals surface area contributed by atoms with Gasteiger partial charge in [0.25, 0.3) is 5.91 Å². The van der Waals surface area contributed by atoms with Crippen LogP contribution in [0.3, 0.4) is 0 Å². The molecular formula is C18H20N6O. The van der Waals surface area contributed by atoms with Crippen molar-refractivity contribution in [3.63, 3.8) is 0 Å². The molecular weight excluding hydrogens is 316 g/mol. The molecule has 1 amide bonds. The number of amides is 1. The third-order valence-electron chi connectivity index (χ3n) is 3.38. The van der Waals surface area contributed by atoms with Crippen molar-refractivity contribution in [1.82, 2.24) is 30.3 Å². The lowest BCUT2D eigenvalue weighted by molar-refractivity contribution is 0.0914. The lowest BCUT2D eigenvalue weighted by atomic mass is 10.1. The second kappa shape index (κ2) is 6.43. The maximum absolute atomic E-state index is 12.5. The number of nitrogens with zero attached hydrogens (tertiary/aromatic N) is 5. The van der Waals surface area contributed by atoms with Crippen molar-refractivity contribution in [2.75, 3.05) is 0 Å². The summed E-state index contributed by atoms with van der Waals surface area (Å²) in [5.74, 6) is -0.239. The molecule has 0 saturated carbocycles. The van der Waals surface area contributed by atoms with Crippen LogP contribution in [0.2, 0.25) is 0 Å². The minimum Gasteiger partial charge on any atom is -0.346 e. The first-order valence-corrected chi connectivity index (χ1v) is 7.97. The monoisotopic (exact) mass is 336 g/mol. The average Bonchev–Trinajstić information content (AvgIpc) is 3.00. The number of aryl methyl sites for hydroxylation is 1. The largest absolute Gasteiger partial charge is 0.346 e. The Kier molecular flexibility index (Phi) is 4.31. The van der Waals surface area contributed by atoms with Gasteiger partial charge < -0.3 is 5.32 Å². The van der Waals surface area contributed by atoms with E-state index in [0.29, 0.717) is 17.1 Å². The molecule has 0 spiro atoms. The Labute approximate surface area is 146 Å². The summed E-state index contributed by atoms with van der Waals surface area (Å²) in [6, 6.07) is 9.13. The number of rotatable bonds is 3. The van der Waals surface area contributed by atoms with Crippen LogP contribution in [-0.2, 0) is 0 Å². The zero-order chi connectivity index (χ0) is 18.0. The van der Waals surface area contributed by atoms with Crippen LogP contribution in [0.1, 0.15) is 37.0 Å². The highest BCUT2D eigenvalue weighted by atomic mass is 16.2. The van der Waals surface area contributed by atoms with Gasteiger partial charge in [0.15, 0.2) is 5.69 Å². The first kappa shape index (κ1) is 16.8. The molecule has 0 bridgehead atoms. The van der Waals surface area contributed by atoms with E-state index >= 15 is 0 Å². The first-order chi connectivity index (χ1) is 11.8. The van der Waals surface area contributed by atoms with Crippen LogP contribution in [0.25, 0.3) is 17.1 Å². The molecule has 3 rings (SSSR count). The van der Waals surface area contributed by atoms with Crippen molar-refractivity contribution >= 4 is 5.91 Å². The number of carbonyl (C=O) groups excluding carboxylic acids is 1. The number of hydrogen-bond acceptors (Lipinski definition) is 5. The Morgan fingerprint density at radius 3 is 2.56 bits per heavy atom. The summed E-state index contributed by atoms with van der Waals surface area (Å²) in [4.78, 5) is 16.6. The molecule has 0 fully saturated rings. The molecule has 7 nitrogen and oxygen atoms in total. The number of carbonyl (C=O) groups is 1.